The van der Waals surface area contributed by atoms with Crippen LogP contribution in [-0.2, 0) is 0 Å². The summed E-state index contributed by atoms with van der Waals surface area (Å²) in [6, 6.07) is 40.8. The number of pyridine rings is 1. The lowest BCUT2D eigenvalue weighted by Gasteiger charge is -2.22. The quantitative estimate of drug-likeness (QED) is 0.307. The molecular weight excluding hydrogens is 390 g/mol. The highest BCUT2D eigenvalue weighted by Crippen LogP contribution is 2.42. The molecule has 2 heteroatoms. The van der Waals surface area contributed by atoms with Gasteiger partial charge in [-0.3, -0.25) is 4.98 Å². The van der Waals surface area contributed by atoms with Crippen LogP contribution in [0.5, 0.6) is 5.75 Å². The molecule has 0 bridgehead atoms. The Hall–Kier alpha value is -4.17. The summed E-state index contributed by atoms with van der Waals surface area (Å²) in [7, 11) is 0. The van der Waals surface area contributed by atoms with Gasteiger partial charge in [-0.15, -0.1) is 0 Å². The van der Waals surface area contributed by atoms with Crippen molar-refractivity contribution in [1.82, 2.24) is 4.98 Å². The zero-order chi connectivity index (χ0) is 21.8. The van der Waals surface area contributed by atoms with Crippen molar-refractivity contribution in [2.24, 2.45) is 0 Å². The van der Waals surface area contributed by atoms with E-state index in [0.29, 0.717) is 5.75 Å². The topological polar surface area (TPSA) is 33.1 Å². The summed E-state index contributed by atoms with van der Waals surface area (Å²) >= 11 is 0. The molecule has 5 aromatic rings. The van der Waals surface area contributed by atoms with Crippen molar-refractivity contribution >= 4 is 0 Å². The molecule has 0 radical (unpaired) electrons. The number of phenols is 1. The summed E-state index contributed by atoms with van der Waals surface area (Å²) in [4.78, 5) is 4.52. The van der Waals surface area contributed by atoms with Crippen LogP contribution in [0.25, 0.3) is 22.4 Å². The summed E-state index contributed by atoms with van der Waals surface area (Å²) in [5, 5.41) is 11.4. The van der Waals surface area contributed by atoms with Crippen LogP contribution in [0.2, 0.25) is 0 Å². The van der Waals surface area contributed by atoms with Gasteiger partial charge >= 0.3 is 0 Å². The van der Waals surface area contributed by atoms with Gasteiger partial charge in [0, 0.05) is 28.8 Å². The number of benzene rings is 4. The number of aromatic hydroxyl groups is 1. The molecule has 0 saturated carbocycles. The van der Waals surface area contributed by atoms with Crippen molar-refractivity contribution in [2.75, 3.05) is 0 Å². The second kappa shape index (κ2) is 8.91. The second-order valence-corrected chi connectivity index (χ2v) is 7.79. The van der Waals surface area contributed by atoms with E-state index >= 15 is 0 Å². The van der Waals surface area contributed by atoms with Gasteiger partial charge in [0.2, 0.25) is 0 Å². The van der Waals surface area contributed by atoms with Gasteiger partial charge in [0.25, 0.3) is 0 Å². The van der Waals surface area contributed by atoms with Crippen LogP contribution < -0.4 is 0 Å². The zero-order valence-corrected chi connectivity index (χ0v) is 17.6. The van der Waals surface area contributed by atoms with E-state index < -0.39 is 0 Å². The maximum absolute atomic E-state index is 11.4. The maximum Gasteiger partial charge on any atom is 0.127 e. The van der Waals surface area contributed by atoms with Crippen LogP contribution >= 0.6 is 0 Å². The van der Waals surface area contributed by atoms with E-state index in [9.17, 15) is 5.11 Å². The van der Waals surface area contributed by atoms with Gasteiger partial charge in [-0.05, 0) is 34.9 Å². The lowest BCUT2D eigenvalue weighted by atomic mass is 9.82. The van der Waals surface area contributed by atoms with E-state index in [1.54, 1.807) is 0 Å². The van der Waals surface area contributed by atoms with Crippen molar-refractivity contribution in [1.29, 1.82) is 0 Å². The van der Waals surface area contributed by atoms with Gasteiger partial charge in [0.15, 0.2) is 0 Å². The van der Waals surface area contributed by atoms with E-state index in [1.807, 2.05) is 91.1 Å². The minimum absolute atomic E-state index is 0.108. The Bertz CT molecular complexity index is 1320. The summed E-state index contributed by atoms with van der Waals surface area (Å²) in [6.45, 7) is 0. The van der Waals surface area contributed by atoms with Crippen molar-refractivity contribution in [3.05, 3.63) is 144 Å². The van der Waals surface area contributed by atoms with E-state index in [1.165, 1.54) is 0 Å². The van der Waals surface area contributed by atoms with Crippen molar-refractivity contribution in [2.45, 2.75) is 5.92 Å². The van der Waals surface area contributed by atoms with E-state index in [-0.39, 0.29) is 5.92 Å². The third kappa shape index (κ3) is 3.91. The van der Waals surface area contributed by atoms with Crippen LogP contribution in [-0.4, -0.2) is 10.1 Å². The Kier molecular flexibility index (Phi) is 5.50. The first-order valence-electron chi connectivity index (χ1n) is 10.7. The minimum Gasteiger partial charge on any atom is -0.507 e. The molecule has 0 saturated heterocycles. The highest BCUT2D eigenvalue weighted by Gasteiger charge is 2.22. The fraction of sp³-hybridized carbons (Fsp3) is 0.0333. The normalized spacial score (nSPS) is 11.8. The molecule has 1 aromatic heterocycles. The van der Waals surface area contributed by atoms with Gasteiger partial charge in [-0.1, -0.05) is 103 Å². The van der Waals surface area contributed by atoms with E-state index in [4.69, 9.17) is 0 Å². The molecule has 0 aliphatic heterocycles. The predicted molar refractivity (Wildman–Crippen MR) is 131 cm³/mol. The van der Waals surface area contributed by atoms with Crippen LogP contribution in [0.1, 0.15) is 22.6 Å². The number of phenolic OH excluding ortho intramolecular Hbond substituents is 1. The Morgan fingerprint density at radius 3 is 1.97 bits per heavy atom. The van der Waals surface area contributed by atoms with E-state index in [0.717, 1.165) is 39.1 Å². The molecular formula is C30H23NO. The third-order valence-corrected chi connectivity index (χ3v) is 5.78. The number of rotatable bonds is 5. The largest absolute Gasteiger partial charge is 0.507 e. The van der Waals surface area contributed by atoms with Gasteiger partial charge < -0.3 is 5.11 Å². The number of nitrogens with zero attached hydrogens (tertiary/aromatic N) is 1. The highest BCUT2D eigenvalue weighted by molar-refractivity contribution is 5.73. The number of para-hydroxylation sites is 1. The molecule has 0 aliphatic rings. The van der Waals surface area contributed by atoms with Crippen LogP contribution in [0.4, 0.5) is 0 Å². The molecule has 0 amide bonds. The Balaban J connectivity index is 1.68. The SMILES string of the molecule is Oc1c(-c2ccccc2)cccc1C(c1ccccc1)c1cccc(-c2ccccn2)c1. The van der Waals surface area contributed by atoms with Crippen molar-refractivity contribution in [3.8, 4) is 28.1 Å². The maximum atomic E-state index is 11.4. The first kappa shape index (κ1) is 19.8. The van der Waals surface area contributed by atoms with Gasteiger partial charge in [0.1, 0.15) is 5.75 Å². The van der Waals surface area contributed by atoms with Gasteiger partial charge in [-0.25, -0.2) is 0 Å². The molecule has 32 heavy (non-hydrogen) atoms. The first-order valence-corrected chi connectivity index (χ1v) is 10.7. The molecule has 0 spiro atoms. The summed E-state index contributed by atoms with van der Waals surface area (Å²) in [5.41, 5.74) is 6.96. The fourth-order valence-electron chi connectivity index (χ4n) is 4.25. The molecule has 1 heterocycles. The summed E-state index contributed by atoms with van der Waals surface area (Å²) < 4.78 is 0. The summed E-state index contributed by atoms with van der Waals surface area (Å²) in [5.74, 6) is 0.208. The Morgan fingerprint density at radius 2 is 1.22 bits per heavy atom. The number of hydrogen-bond donors (Lipinski definition) is 1. The lowest BCUT2D eigenvalue weighted by molar-refractivity contribution is 0.469. The Morgan fingerprint density at radius 1 is 0.562 bits per heavy atom. The minimum atomic E-state index is -0.108. The molecule has 2 nitrogen and oxygen atoms in total. The van der Waals surface area contributed by atoms with Crippen molar-refractivity contribution in [3.63, 3.8) is 0 Å². The molecule has 4 aromatic carbocycles. The highest BCUT2D eigenvalue weighted by atomic mass is 16.3. The first-order chi connectivity index (χ1) is 15.8. The Labute approximate surface area is 188 Å². The number of hydrogen-bond acceptors (Lipinski definition) is 2. The van der Waals surface area contributed by atoms with Gasteiger partial charge in [-0.2, -0.15) is 0 Å². The third-order valence-electron chi connectivity index (χ3n) is 5.78. The molecule has 5 rings (SSSR count). The summed E-state index contributed by atoms with van der Waals surface area (Å²) in [6.07, 6.45) is 1.81. The van der Waals surface area contributed by atoms with Crippen LogP contribution in [0.3, 0.4) is 0 Å². The van der Waals surface area contributed by atoms with E-state index in [2.05, 4.69) is 41.4 Å². The zero-order valence-electron chi connectivity index (χ0n) is 17.6. The van der Waals surface area contributed by atoms with Crippen LogP contribution in [0, 0.1) is 0 Å². The second-order valence-electron chi connectivity index (χ2n) is 7.79. The molecule has 0 aliphatic carbocycles. The molecule has 1 unspecified atom stereocenters. The lowest BCUT2D eigenvalue weighted by Crippen LogP contribution is -2.04. The van der Waals surface area contributed by atoms with Crippen molar-refractivity contribution < 1.29 is 5.11 Å². The van der Waals surface area contributed by atoms with Gasteiger partial charge in [0.05, 0.1) is 5.69 Å². The smallest absolute Gasteiger partial charge is 0.127 e. The fourth-order valence-corrected chi connectivity index (χ4v) is 4.25. The molecule has 0 fully saturated rings. The number of aromatic nitrogens is 1. The monoisotopic (exact) mass is 413 g/mol. The molecule has 154 valence electrons. The molecule has 1 atom stereocenters. The molecule has 1 N–H and O–H groups in total. The van der Waals surface area contributed by atoms with Crippen LogP contribution in [0.15, 0.2) is 128 Å². The average molecular weight is 414 g/mol. The standard InChI is InChI=1S/C30H23NO/c32-30-26(22-11-3-1-4-12-22)17-10-18-27(30)29(23-13-5-2-6-14-23)25-16-9-15-24(21-25)28-19-7-8-20-31-28/h1-21,29,32H. The average Bonchev–Trinajstić information content (AvgIpc) is 2.87. The predicted octanol–water partition coefficient (Wildman–Crippen LogP) is 7.30.